The third-order valence-electron chi connectivity index (χ3n) is 1.77. The quantitative estimate of drug-likeness (QED) is 0.510. The van der Waals surface area contributed by atoms with Gasteiger partial charge in [-0.2, -0.15) is 4.57 Å². The Labute approximate surface area is 78.0 Å². The summed E-state index contributed by atoms with van der Waals surface area (Å²) in [6.07, 6.45) is 1.87. The lowest BCUT2D eigenvalue weighted by Crippen LogP contribution is -2.40. The number of hydrogen-bond acceptors (Lipinski definition) is 2. The van der Waals surface area contributed by atoms with Gasteiger partial charge >= 0.3 is 5.97 Å². The van der Waals surface area contributed by atoms with Crippen LogP contribution >= 0.6 is 0 Å². The lowest BCUT2D eigenvalue weighted by molar-refractivity contribution is -0.691. The summed E-state index contributed by atoms with van der Waals surface area (Å²) >= 11 is 0. The molecule has 0 N–H and O–H groups in total. The van der Waals surface area contributed by atoms with E-state index in [9.17, 15) is 4.79 Å². The van der Waals surface area contributed by atoms with Crippen LogP contribution in [0.4, 0.5) is 0 Å². The van der Waals surface area contributed by atoms with Crippen molar-refractivity contribution in [3.8, 4) is 0 Å². The number of ether oxygens (including phenoxy) is 1. The number of hydrogen-bond donors (Lipinski definition) is 0. The molecule has 13 heavy (non-hydrogen) atoms. The Morgan fingerprint density at radius 3 is 2.92 bits per heavy atom. The maximum absolute atomic E-state index is 11.1. The van der Waals surface area contributed by atoms with Gasteiger partial charge in [-0.25, -0.2) is 4.79 Å². The van der Waals surface area contributed by atoms with Gasteiger partial charge in [-0.3, -0.25) is 0 Å². The van der Waals surface area contributed by atoms with Crippen molar-refractivity contribution >= 4 is 5.97 Å². The molecule has 70 valence electrons. The number of carbonyl (C=O) groups excluding carboxylic acids is 1. The summed E-state index contributed by atoms with van der Waals surface area (Å²) in [5.41, 5.74) is 1.05. The van der Waals surface area contributed by atoms with Crippen LogP contribution in [0.1, 0.15) is 12.6 Å². The zero-order valence-corrected chi connectivity index (χ0v) is 7.99. The van der Waals surface area contributed by atoms with Gasteiger partial charge in [0.05, 0.1) is 6.61 Å². The minimum absolute atomic E-state index is 0.193. The molecular weight excluding hydrogens is 166 g/mol. The molecule has 1 heterocycles. The monoisotopic (exact) mass is 180 g/mol. The standard InChI is InChI=1S/C10H14NO2/c1-3-13-10(12)8-11-7-5-4-6-9(11)2/h4-7H,3,8H2,1-2H3/q+1. The molecule has 0 spiro atoms. The predicted molar refractivity (Wildman–Crippen MR) is 48.0 cm³/mol. The maximum Gasteiger partial charge on any atom is 0.372 e. The van der Waals surface area contributed by atoms with Gasteiger partial charge in [-0.15, -0.1) is 0 Å². The first-order chi connectivity index (χ1) is 6.24. The molecule has 0 amide bonds. The molecule has 1 aromatic rings. The van der Waals surface area contributed by atoms with Gasteiger partial charge in [0.1, 0.15) is 0 Å². The molecule has 0 fully saturated rings. The van der Waals surface area contributed by atoms with E-state index in [1.165, 1.54) is 0 Å². The van der Waals surface area contributed by atoms with E-state index in [1.807, 2.05) is 35.9 Å². The summed E-state index contributed by atoms with van der Waals surface area (Å²) in [6, 6.07) is 5.79. The number of nitrogens with zero attached hydrogens (tertiary/aromatic N) is 1. The molecule has 0 saturated heterocycles. The summed E-state index contributed by atoms with van der Waals surface area (Å²) in [4.78, 5) is 11.1. The Bertz CT molecular complexity index is 297. The predicted octanol–water partition coefficient (Wildman–Crippen LogP) is 0.846. The van der Waals surface area contributed by atoms with E-state index < -0.39 is 0 Å². The van der Waals surface area contributed by atoms with Crippen LogP contribution in [-0.2, 0) is 16.1 Å². The van der Waals surface area contributed by atoms with Crippen LogP contribution in [-0.4, -0.2) is 12.6 Å². The maximum atomic E-state index is 11.1. The van der Waals surface area contributed by atoms with E-state index in [2.05, 4.69) is 0 Å². The molecule has 0 aliphatic rings. The third-order valence-corrected chi connectivity index (χ3v) is 1.77. The van der Waals surface area contributed by atoms with Crippen molar-refractivity contribution in [3.05, 3.63) is 30.1 Å². The Hall–Kier alpha value is -1.38. The second kappa shape index (κ2) is 4.60. The molecule has 0 atom stereocenters. The molecule has 0 bridgehead atoms. The van der Waals surface area contributed by atoms with E-state index in [-0.39, 0.29) is 5.97 Å². The number of aryl methyl sites for hydroxylation is 1. The summed E-state index contributed by atoms with van der Waals surface area (Å²) in [5, 5.41) is 0. The Kier molecular flexibility index (Phi) is 3.43. The third kappa shape index (κ3) is 2.86. The average molecular weight is 180 g/mol. The van der Waals surface area contributed by atoms with Gasteiger partial charge in [0.2, 0.25) is 6.54 Å². The van der Waals surface area contributed by atoms with Crippen molar-refractivity contribution < 1.29 is 14.1 Å². The smallest absolute Gasteiger partial charge is 0.372 e. The highest BCUT2D eigenvalue weighted by Gasteiger charge is 2.11. The van der Waals surface area contributed by atoms with Gasteiger partial charge in [-0.1, -0.05) is 6.07 Å². The molecule has 0 aliphatic carbocycles. The van der Waals surface area contributed by atoms with Crippen molar-refractivity contribution in [2.24, 2.45) is 0 Å². The minimum atomic E-state index is -0.193. The van der Waals surface area contributed by atoms with Crippen molar-refractivity contribution in [1.29, 1.82) is 0 Å². The minimum Gasteiger partial charge on any atom is -0.461 e. The fourth-order valence-corrected chi connectivity index (χ4v) is 1.08. The zero-order chi connectivity index (χ0) is 9.68. The van der Waals surface area contributed by atoms with Crippen molar-refractivity contribution in [2.75, 3.05) is 6.61 Å². The molecule has 1 aromatic heterocycles. The molecule has 3 heteroatoms. The Morgan fingerprint density at radius 1 is 1.54 bits per heavy atom. The molecule has 0 aliphatic heterocycles. The second-order valence-corrected chi connectivity index (χ2v) is 2.77. The average Bonchev–Trinajstić information content (AvgIpc) is 2.09. The lowest BCUT2D eigenvalue weighted by atomic mass is 10.3. The first kappa shape index (κ1) is 9.71. The molecule has 0 unspecified atom stereocenters. The van der Waals surface area contributed by atoms with Crippen LogP contribution in [0.5, 0.6) is 0 Å². The molecule has 0 saturated carbocycles. The molecule has 0 radical (unpaired) electrons. The van der Waals surface area contributed by atoms with Crippen LogP contribution < -0.4 is 4.57 Å². The molecule has 1 rings (SSSR count). The van der Waals surface area contributed by atoms with Crippen molar-refractivity contribution in [3.63, 3.8) is 0 Å². The summed E-state index contributed by atoms with van der Waals surface area (Å²) in [5.74, 6) is -0.193. The highest BCUT2D eigenvalue weighted by Crippen LogP contribution is 1.88. The van der Waals surface area contributed by atoms with E-state index in [1.54, 1.807) is 6.92 Å². The molecular formula is C10H14NO2+. The number of rotatable bonds is 3. The number of pyridine rings is 1. The van der Waals surface area contributed by atoms with Crippen LogP contribution in [0.2, 0.25) is 0 Å². The fourth-order valence-electron chi connectivity index (χ4n) is 1.08. The van der Waals surface area contributed by atoms with Crippen LogP contribution in [0, 0.1) is 6.92 Å². The highest BCUT2D eigenvalue weighted by atomic mass is 16.5. The van der Waals surface area contributed by atoms with Gasteiger partial charge in [-0.05, 0) is 6.92 Å². The van der Waals surface area contributed by atoms with Crippen LogP contribution in [0.3, 0.4) is 0 Å². The summed E-state index contributed by atoms with van der Waals surface area (Å²) in [7, 11) is 0. The van der Waals surface area contributed by atoms with Crippen molar-refractivity contribution in [2.45, 2.75) is 20.4 Å². The topological polar surface area (TPSA) is 30.2 Å². The zero-order valence-electron chi connectivity index (χ0n) is 7.99. The van der Waals surface area contributed by atoms with Gasteiger partial charge < -0.3 is 4.74 Å². The normalized spacial score (nSPS) is 9.69. The summed E-state index contributed by atoms with van der Waals surface area (Å²) in [6.45, 7) is 4.49. The number of carbonyl (C=O) groups is 1. The molecule has 3 nitrogen and oxygen atoms in total. The van der Waals surface area contributed by atoms with Crippen LogP contribution in [0.25, 0.3) is 0 Å². The van der Waals surface area contributed by atoms with Gasteiger partial charge in [0, 0.05) is 19.1 Å². The summed E-state index contributed by atoms with van der Waals surface area (Å²) < 4.78 is 6.70. The Balaban J connectivity index is 2.63. The molecule has 0 aromatic carbocycles. The second-order valence-electron chi connectivity index (χ2n) is 2.77. The van der Waals surface area contributed by atoms with E-state index in [4.69, 9.17) is 4.74 Å². The van der Waals surface area contributed by atoms with Crippen molar-refractivity contribution in [1.82, 2.24) is 0 Å². The SMILES string of the molecule is CCOC(=O)C[n+]1ccccc1C. The van der Waals surface area contributed by atoms with E-state index in [0.717, 1.165) is 5.69 Å². The van der Waals surface area contributed by atoms with E-state index in [0.29, 0.717) is 13.2 Å². The largest absolute Gasteiger partial charge is 0.461 e. The Morgan fingerprint density at radius 2 is 2.31 bits per heavy atom. The fraction of sp³-hybridized carbons (Fsp3) is 0.400. The van der Waals surface area contributed by atoms with E-state index >= 15 is 0 Å². The number of aromatic nitrogens is 1. The first-order valence-corrected chi connectivity index (χ1v) is 4.34. The van der Waals surface area contributed by atoms with Gasteiger partial charge in [0.25, 0.3) is 0 Å². The number of esters is 1. The first-order valence-electron chi connectivity index (χ1n) is 4.34. The van der Waals surface area contributed by atoms with Gasteiger partial charge in [0.15, 0.2) is 11.9 Å². The highest BCUT2D eigenvalue weighted by molar-refractivity contribution is 5.67. The lowest BCUT2D eigenvalue weighted by Gasteiger charge is -1.99. The van der Waals surface area contributed by atoms with Crippen LogP contribution in [0.15, 0.2) is 24.4 Å².